The fraction of sp³-hybridized carbons (Fsp3) is 0.182. The number of hydrogen-bond donors (Lipinski definition) is 2. The number of nitrogens with one attached hydrogen (secondary N) is 1. The topological polar surface area (TPSA) is 78.9 Å². The van der Waals surface area contributed by atoms with Gasteiger partial charge in [0.2, 0.25) is 0 Å². The summed E-state index contributed by atoms with van der Waals surface area (Å²) < 4.78 is 0.968. The summed E-state index contributed by atoms with van der Waals surface area (Å²) in [7, 11) is 0. The summed E-state index contributed by atoms with van der Waals surface area (Å²) in [4.78, 5) is 15.0. The van der Waals surface area contributed by atoms with Crippen molar-refractivity contribution in [2.24, 2.45) is 0 Å². The van der Waals surface area contributed by atoms with Crippen molar-refractivity contribution in [3.05, 3.63) is 34.6 Å². The van der Waals surface area contributed by atoms with Crippen LogP contribution >= 0.6 is 15.9 Å². The summed E-state index contributed by atoms with van der Waals surface area (Å²) in [5, 5.41) is 15.5. The van der Waals surface area contributed by atoms with Gasteiger partial charge in [0.15, 0.2) is 5.82 Å². The van der Waals surface area contributed by atoms with Crippen LogP contribution in [0.3, 0.4) is 0 Å². The number of aromatic nitrogens is 3. The van der Waals surface area contributed by atoms with E-state index in [1.807, 2.05) is 24.3 Å². The molecule has 0 aliphatic rings. The Kier molecular flexibility index (Phi) is 3.23. The molecule has 0 saturated heterocycles. The molecule has 0 saturated carbocycles. The molecule has 2 aromatic rings. The lowest BCUT2D eigenvalue weighted by Gasteiger charge is -1.99. The first kappa shape index (κ1) is 11.8. The SMILES string of the molecule is C[C@H](C(=O)O)c1nc(-c2ccc(Br)cc2)n[nH]1. The van der Waals surface area contributed by atoms with Crippen LogP contribution in [0.25, 0.3) is 11.4 Å². The third-order valence-corrected chi connectivity index (χ3v) is 2.91. The minimum Gasteiger partial charge on any atom is -0.481 e. The predicted molar refractivity (Wildman–Crippen MR) is 65.6 cm³/mol. The maximum atomic E-state index is 10.8. The Labute approximate surface area is 106 Å². The van der Waals surface area contributed by atoms with Crippen LogP contribution in [-0.2, 0) is 4.79 Å². The number of nitrogens with zero attached hydrogens (tertiary/aromatic N) is 2. The minimum atomic E-state index is -0.927. The number of carboxylic acids is 1. The molecule has 2 N–H and O–H groups in total. The summed E-state index contributed by atoms with van der Waals surface area (Å²) >= 11 is 3.34. The second kappa shape index (κ2) is 4.67. The first-order valence-electron chi connectivity index (χ1n) is 4.99. The number of aromatic amines is 1. The highest BCUT2D eigenvalue weighted by atomic mass is 79.9. The summed E-state index contributed by atoms with van der Waals surface area (Å²) in [6, 6.07) is 7.49. The van der Waals surface area contributed by atoms with Crippen LogP contribution in [0.5, 0.6) is 0 Å². The fourth-order valence-electron chi connectivity index (χ4n) is 1.31. The molecule has 1 aromatic carbocycles. The average Bonchev–Trinajstić information content (AvgIpc) is 2.78. The van der Waals surface area contributed by atoms with Gasteiger partial charge >= 0.3 is 5.97 Å². The van der Waals surface area contributed by atoms with E-state index >= 15 is 0 Å². The molecule has 0 amide bonds. The van der Waals surface area contributed by atoms with Crippen LogP contribution in [0.2, 0.25) is 0 Å². The molecule has 6 heteroatoms. The van der Waals surface area contributed by atoms with E-state index in [1.165, 1.54) is 0 Å². The second-order valence-corrected chi connectivity index (χ2v) is 4.53. The number of carbonyl (C=O) groups is 1. The van der Waals surface area contributed by atoms with E-state index in [4.69, 9.17) is 5.11 Å². The summed E-state index contributed by atoms with van der Waals surface area (Å²) in [5.41, 5.74) is 0.841. The second-order valence-electron chi connectivity index (χ2n) is 3.61. The summed E-state index contributed by atoms with van der Waals surface area (Å²) in [6.45, 7) is 1.56. The number of H-pyrrole nitrogens is 1. The highest BCUT2D eigenvalue weighted by Gasteiger charge is 2.18. The lowest BCUT2D eigenvalue weighted by Crippen LogP contribution is -2.08. The van der Waals surface area contributed by atoms with E-state index in [-0.39, 0.29) is 0 Å². The van der Waals surface area contributed by atoms with E-state index in [2.05, 4.69) is 31.1 Å². The monoisotopic (exact) mass is 295 g/mol. The van der Waals surface area contributed by atoms with E-state index < -0.39 is 11.9 Å². The Morgan fingerprint density at radius 1 is 1.41 bits per heavy atom. The maximum Gasteiger partial charge on any atom is 0.313 e. The van der Waals surface area contributed by atoms with Crippen molar-refractivity contribution < 1.29 is 9.90 Å². The van der Waals surface area contributed by atoms with Gasteiger partial charge in [-0.05, 0) is 19.1 Å². The third kappa shape index (κ3) is 2.52. The Morgan fingerprint density at radius 3 is 2.65 bits per heavy atom. The predicted octanol–water partition coefficient (Wildman–Crippen LogP) is 2.42. The van der Waals surface area contributed by atoms with E-state index in [9.17, 15) is 4.79 Å². The fourth-order valence-corrected chi connectivity index (χ4v) is 1.58. The Balaban J connectivity index is 2.29. The van der Waals surface area contributed by atoms with Crippen LogP contribution in [0, 0.1) is 0 Å². The number of benzene rings is 1. The lowest BCUT2D eigenvalue weighted by molar-refractivity contribution is -0.138. The Hall–Kier alpha value is -1.69. The molecule has 0 aliphatic carbocycles. The smallest absolute Gasteiger partial charge is 0.313 e. The zero-order chi connectivity index (χ0) is 12.4. The Morgan fingerprint density at radius 2 is 2.06 bits per heavy atom. The zero-order valence-corrected chi connectivity index (χ0v) is 10.6. The largest absolute Gasteiger partial charge is 0.481 e. The van der Waals surface area contributed by atoms with E-state index in [1.54, 1.807) is 6.92 Å². The minimum absolute atomic E-state index is 0.357. The molecule has 1 heterocycles. The highest BCUT2D eigenvalue weighted by Crippen LogP contribution is 2.20. The van der Waals surface area contributed by atoms with Crippen LogP contribution in [0.1, 0.15) is 18.7 Å². The lowest BCUT2D eigenvalue weighted by atomic mass is 10.2. The van der Waals surface area contributed by atoms with Crippen molar-refractivity contribution in [3.8, 4) is 11.4 Å². The van der Waals surface area contributed by atoms with Crippen molar-refractivity contribution in [2.45, 2.75) is 12.8 Å². The number of aliphatic carboxylic acids is 1. The van der Waals surface area contributed by atoms with Gasteiger partial charge in [-0.2, -0.15) is 5.10 Å². The van der Waals surface area contributed by atoms with Crippen molar-refractivity contribution in [1.82, 2.24) is 15.2 Å². The van der Waals surface area contributed by atoms with Crippen LogP contribution in [-0.4, -0.2) is 26.3 Å². The number of carboxylic acid groups (broad SMARTS) is 1. The van der Waals surface area contributed by atoms with Gasteiger partial charge in [-0.15, -0.1) is 0 Å². The van der Waals surface area contributed by atoms with Gasteiger partial charge in [0.1, 0.15) is 11.7 Å². The Bertz CT molecular complexity index is 536. The first-order valence-corrected chi connectivity index (χ1v) is 5.78. The van der Waals surface area contributed by atoms with Crippen LogP contribution < -0.4 is 0 Å². The van der Waals surface area contributed by atoms with Gasteiger partial charge in [0.25, 0.3) is 0 Å². The van der Waals surface area contributed by atoms with Crippen molar-refractivity contribution in [1.29, 1.82) is 0 Å². The number of halogens is 1. The van der Waals surface area contributed by atoms with Gasteiger partial charge < -0.3 is 5.11 Å². The van der Waals surface area contributed by atoms with Gasteiger partial charge in [-0.25, -0.2) is 4.98 Å². The van der Waals surface area contributed by atoms with Crippen LogP contribution in [0.4, 0.5) is 0 Å². The zero-order valence-electron chi connectivity index (χ0n) is 9.01. The summed E-state index contributed by atoms with van der Waals surface area (Å²) in [5.74, 6) is -0.758. The molecule has 17 heavy (non-hydrogen) atoms. The van der Waals surface area contributed by atoms with E-state index in [0.717, 1.165) is 10.0 Å². The molecule has 0 aliphatic heterocycles. The molecule has 2 rings (SSSR count). The van der Waals surface area contributed by atoms with Crippen molar-refractivity contribution >= 4 is 21.9 Å². The molecule has 88 valence electrons. The quantitative estimate of drug-likeness (QED) is 0.911. The van der Waals surface area contributed by atoms with Crippen molar-refractivity contribution in [2.75, 3.05) is 0 Å². The van der Waals surface area contributed by atoms with Gasteiger partial charge in [0.05, 0.1) is 0 Å². The first-order chi connectivity index (χ1) is 8.08. The molecule has 0 spiro atoms. The molecule has 0 radical (unpaired) electrons. The molecule has 1 aromatic heterocycles. The third-order valence-electron chi connectivity index (χ3n) is 2.39. The normalized spacial score (nSPS) is 12.4. The van der Waals surface area contributed by atoms with Gasteiger partial charge in [0, 0.05) is 10.0 Å². The molecule has 0 unspecified atom stereocenters. The summed E-state index contributed by atoms with van der Waals surface area (Å²) in [6.07, 6.45) is 0. The number of hydrogen-bond acceptors (Lipinski definition) is 3. The number of rotatable bonds is 3. The van der Waals surface area contributed by atoms with E-state index in [0.29, 0.717) is 11.6 Å². The maximum absolute atomic E-state index is 10.8. The van der Waals surface area contributed by atoms with Gasteiger partial charge in [-0.3, -0.25) is 9.89 Å². The highest BCUT2D eigenvalue weighted by molar-refractivity contribution is 9.10. The molecule has 0 fully saturated rings. The van der Waals surface area contributed by atoms with Crippen molar-refractivity contribution in [3.63, 3.8) is 0 Å². The molecular formula is C11H10BrN3O2. The van der Waals surface area contributed by atoms with Crippen LogP contribution in [0.15, 0.2) is 28.7 Å². The standard InChI is InChI=1S/C11H10BrN3O2/c1-6(11(16)17)9-13-10(15-14-9)7-2-4-8(12)5-3-7/h2-6H,1H3,(H,16,17)(H,13,14,15)/t6-/m0/s1. The molecule has 1 atom stereocenters. The molecule has 5 nitrogen and oxygen atoms in total. The molecule has 0 bridgehead atoms. The molecular weight excluding hydrogens is 286 g/mol. The average molecular weight is 296 g/mol. The van der Waals surface area contributed by atoms with Gasteiger partial charge in [-0.1, -0.05) is 28.1 Å².